The first kappa shape index (κ1) is 14.6. The zero-order chi connectivity index (χ0) is 13.3. The molecule has 0 fully saturated rings. The minimum atomic E-state index is -1.45. The Hall–Kier alpha value is -0.453. The van der Waals surface area contributed by atoms with Crippen molar-refractivity contribution >= 4 is 24.2 Å². The van der Waals surface area contributed by atoms with Gasteiger partial charge in [0.15, 0.2) is 0 Å². The molecule has 96 valence electrons. The third kappa shape index (κ3) is 4.37. The summed E-state index contributed by atoms with van der Waals surface area (Å²) in [5.41, 5.74) is -0.141. The average molecular weight is 269 g/mol. The van der Waals surface area contributed by atoms with Gasteiger partial charge < -0.3 is 0 Å². The van der Waals surface area contributed by atoms with Crippen molar-refractivity contribution in [2.24, 2.45) is 0 Å². The fourth-order valence-electron chi connectivity index (χ4n) is 1.58. The molecule has 2 nitrogen and oxygen atoms in total. The standard InChI is InChI=1S/C13H23NOSSi/c1-13(2,3)14-16(15)11-9-7-8-10-12(11)17(4,5)6/h7-10,14H,1-6H3. The number of hydrogen-bond acceptors (Lipinski definition) is 1. The smallest absolute Gasteiger partial charge is 0.125 e. The van der Waals surface area contributed by atoms with E-state index in [0.717, 1.165) is 4.90 Å². The van der Waals surface area contributed by atoms with E-state index in [1.54, 1.807) is 0 Å². The molecule has 0 amide bonds. The first-order valence-electron chi connectivity index (χ1n) is 5.90. The molecule has 1 aromatic rings. The summed E-state index contributed by atoms with van der Waals surface area (Å²) in [6, 6.07) is 8.08. The summed E-state index contributed by atoms with van der Waals surface area (Å²) in [5, 5.41) is 1.27. The second-order valence-corrected chi connectivity index (χ2v) is 12.6. The second-order valence-electron chi connectivity index (χ2n) is 6.37. The summed E-state index contributed by atoms with van der Waals surface area (Å²) in [6.45, 7) is 12.9. The molecule has 0 spiro atoms. The number of hydrogen-bond donors (Lipinski definition) is 1. The summed E-state index contributed by atoms with van der Waals surface area (Å²) >= 11 is 0. The molecule has 0 aliphatic rings. The van der Waals surface area contributed by atoms with Crippen LogP contribution in [0, 0.1) is 0 Å². The Morgan fingerprint density at radius 2 is 1.65 bits per heavy atom. The van der Waals surface area contributed by atoms with Crippen molar-refractivity contribution < 1.29 is 4.21 Å². The van der Waals surface area contributed by atoms with Crippen molar-refractivity contribution in [3.05, 3.63) is 24.3 Å². The van der Waals surface area contributed by atoms with Crippen LogP contribution >= 0.6 is 0 Å². The minimum Gasteiger partial charge on any atom is -0.237 e. The van der Waals surface area contributed by atoms with Gasteiger partial charge in [0.05, 0.1) is 13.0 Å². The average Bonchev–Trinajstić information content (AvgIpc) is 2.13. The molecule has 0 radical (unpaired) electrons. The van der Waals surface area contributed by atoms with Crippen LogP contribution in [0.15, 0.2) is 29.2 Å². The predicted molar refractivity (Wildman–Crippen MR) is 78.7 cm³/mol. The molecule has 1 aromatic carbocycles. The van der Waals surface area contributed by atoms with Crippen molar-refractivity contribution in [3.63, 3.8) is 0 Å². The maximum atomic E-state index is 12.4. The normalized spacial score (nSPS) is 14.7. The third-order valence-electron chi connectivity index (χ3n) is 2.29. The molecule has 0 heterocycles. The molecule has 0 aliphatic carbocycles. The van der Waals surface area contributed by atoms with Crippen molar-refractivity contribution in [2.45, 2.75) is 50.8 Å². The lowest BCUT2D eigenvalue weighted by Crippen LogP contribution is -2.44. The van der Waals surface area contributed by atoms with E-state index in [1.807, 2.05) is 39.0 Å². The number of nitrogens with one attached hydrogen (secondary N) is 1. The van der Waals surface area contributed by atoms with E-state index < -0.39 is 19.1 Å². The molecule has 0 saturated carbocycles. The van der Waals surface area contributed by atoms with Crippen molar-refractivity contribution in [3.8, 4) is 0 Å². The minimum absolute atomic E-state index is 0.141. The van der Waals surface area contributed by atoms with Gasteiger partial charge in [0.2, 0.25) is 0 Å². The molecule has 1 unspecified atom stereocenters. The highest BCUT2D eigenvalue weighted by molar-refractivity contribution is 7.83. The van der Waals surface area contributed by atoms with Crippen molar-refractivity contribution in [1.82, 2.24) is 4.72 Å². The lowest BCUT2D eigenvalue weighted by Gasteiger charge is -2.24. The summed E-state index contributed by atoms with van der Waals surface area (Å²) in [7, 11) is -2.58. The molecular formula is C13H23NOSSi. The molecule has 1 atom stereocenters. The Labute approximate surface area is 108 Å². The van der Waals surface area contributed by atoms with Crippen LogP contribution in [-0.4, -0.2) is 17.8 Å². The van der Waals surface area contributed by atoms with E-state index in [9.17, 15) is 4.21 Å². The summed E-state index contributed by atoms with van der Waals surface area (Å²) < 4.78 is 15.5. The highest BCUT2D eigenvalue weighted by Crippen LogP contribution is 2.12. The highest BCUT2D eigenvalue weighted by Gasteiger charge is 2.24. The molecule has 1 N–H and O–H groups in total. The zero-order valence-corrected chi connectivity index (χ0v) is 13.4. The van der Waals surface area contributed by atoms with Crippen molar-refractivity contribution in [2.75, 3.05) is 0 Å². The van der Waals surface area contributed by atoms with E-state index in [-0.39, 0.29) is 5.54 Å². The Balaban J connectivity index is 3.11. The predicted octanol–water partition coefficient (Wildman–Crippen LogP) is 2.64. The molecule has 0 bridgehead atoms. The van der Waals surface area contributed by atoms with E-state index in [0.29, 0.717) is 0 Å². The molecule has 4 heteroatoms. The van der Waals surface area contributed by atoms with Gasteiger partial charge in [-0.05, 0) is 32.0 Å². The van der Waals surface area contributed by atoms with Crippen LogP contribution in [-0.2, 0) is 11.0 Å². The van der Waals surface area contributed by atoms with Crippen LogP contribution in [0.5, 0.6) is 0 Å². The molecular weight excluding hydrogens is 246 g/mol. The molecule has 0 saturated heterocycles. The van der Waals surface area contributed by atoms with E-state index in [4.69, 9.17) is 0 Å². The second kappa shape index (κ2) is 5.04. The van der Waals surface area contributed by atoms with E-state index >= 15 is 0 Å². The monoisotopic (exact) mass is 269 g/mol. The van der Waals surface area contributed by atoms with Gasteiger partial charge >= 0.3 is 0 Å². The highest BCUT2D eigenvalue weighted by atomic mass is 32.2. The molecule has 1 rings (SSSR count). The zero-order valence-electron chi connectivity index (χ0n) is 11.6. The van der Waals surface area contributed by atoms with Crippen molar-refractivity contribution in [1.29, 1.82) is 0 Å². The largest absolute Gasteiger partial charge is 0.237 e. The van der Waals surface area contributed by atoms with Gasteiger partial charge in [0.1, 0.15) is 11.0 Å². The SMILES string of the molecule is CC(C)(C)NS(=O)c1ccccc1[Si](C)(C)C. The van der Waals surface area contributed by atoms with Crippen LogP contribution in [0.1, 0.15) is 20.8 Å². The summed E-state index contributed by atoms with van der Waals surface area (Å²) in [4.78, 5) is 0.946. The maximum Gasteiger partial charge on any atom is 0.125 e. The van der Waals surface area contributed by atoms with Crippen LogP contribution < -0.4 is 9.91 Å². The van der Waals surface area contributed by atoms with Gasteiger partial charge in [-0.2, -0.15) is 0 Å². The Morgan fingerprint density at radius 3 is 2.12 bits per heavy atom. The number of rotatable bonds is 3. The fraction of sp³-hybridized carbons (Fsp3) is 0.538. The summed E-state index contributed by atoms with van der Waals surface area (Å²) in [5.74, 6) is 0. The molecule has 0 aromatic heterocycles. The van der Waals surface area contributed by atoms with Crippen LogP contribution in [0.4, 0.5) is 0 Å². The van der Waals surface area contributed by atoms with Crippen LogP contribution in [0.2, 0.25) is 19.6 Å². The topological polar surface area (TPSA) is 29.1 Å². The lowest BCUT2D eigenvalue weighted by atomic mass is 10.1. The van der Waals surface area contributed by atoms with Crippen LogP contribution in [0.25, 0.3) is 0 Å². The van der Waals surface area contributed by atoms with Gasteiger partial charge in [-0.1, -0.05) is 37.8 Å². The van der Waals surface area contributed by atoms with Crippen LogP contribution in [0.3, 0.4) is 0 Å². The Kier molecular flexibility index (Phi) is 4.33. The van der Waals surface area contributed by atoms with Gasteiger partial charge in [-0.15, -0.1) is 0 Å². The molecule has 17 heavy (non-hydrogen) atoms. The van der Waals surface area contributed by atoms with E-state index in [2.05, 4.69) is 30.4 Å². The van der Waals surface area contributed by atoms with E-state index in [1.165, 1.54) is 5.19 Å². The first-order valence-corrected chi connectivity index (χ1v) is 10.6. The summed E-state index contributed by atoms with van der Waals surface area (Å²) in [6.07, 6.45) is 0. The third-order valence-corrected chi connectivity index (χ3v) is 6.08. The fourth-order valence-corrected chi connectivity index (χ4v) is 5.33. The molecule has 0 aliphatic heterocycles. The quantitative estimate of drug-likeness (QED) is 0.840. The number of benzene rings is 1. The van der Waals surface area contributed by atoms with Gasteiger partial charge in [-0.25, -0.2) is 8.93 Å². The maximum absolute atomic E-state index is 12.4. The Morgan fingerprint density at radius 1 is 1.12 bits per heavy atom. The lowest BCUT2D eigenvalue weighted by molar-refractivity contribution is 0.520. The van der Waals surface area contributed by atoms with Gasteiger partial charge in [-0.3, -0.25) is 0 Å². The van der Waals surface area contributed by atoms with Gasteiger partial charge in [0.25, 0.3) is 0 Å². The van der Waals surface area contributed by atoms with Gasteiger partial charge in [0, 0.05) is 5.54 Å². The first-order chi connectivity index (χ1) is 7.61. The Bertz CT molecular complexity index is 418.